The smallest absolute Gasteiger partial charge is 0.388 e. The van der Waals surface area contributed by atoms with E-state index in [0.29, 0.717) is 51.3 Å². The van der Waals surface area contributed by atoms with Gasteiger partial charge < -0.3 is 19.3 Å². The fourth-order valence-electron chi connectivity index (χ4n) is 7.08. The summed E-state index contributed by atoms with van der Waals surface area (Å²) in [5.74, 6) is 0.103. The molecule has 3 aliphatic heterocycles. The van der Waals surface area contributed by atoms with Crippen molar-refractivity contribution in [3.63, 3.8) is 0 Å². The van der Waals surface area contributed by atoms with Gasteiger partial charge in [-0.05, 0) is 54.4 Å². The standard InChI is InChI=1S/C30H33F3N2O4/c1-28(2)14-21-23(22(36)15-28)25-24(26(35-21)17-5-9-37-10-6-17)27(39-29(25)7-11-38-12-8-29)18-3-4-20(30(31,32)33)19(13-18)16-34/h3-4,13,17,22,27,36H,5-12,14-15H2,1-2H3/t22-,27+/m0/s1. The molecule has 0 amide bonds. The van der Waals surface area contributed by atoms with Gasteiger partial charge in [0.25, 0.3) is 0 Å². The number of aliphatic hydroxyl groups is 1. The van der Waals surface area contributed by atoms with Crippen LogP contribution in [0.4, 0.5) is 13.2 Å². The lowest BCUT2D eigenvalue weighted by atomic mass is 9.69. The molecule has 1 aromatic carbocycles. The molecule has 1 aromatic heterocycles. The largest absolute Gasteiger partial charge is 0.417 e. The van der Waals surface area contributed by atoms with Gasteiger partial charge in [-0.2, -0.15) is 18.4 Å². The van der Waals surface area contributed by atoms with E-state index in [0.717, 1.165) is 53.4 Å². The number of fused-ring (bicyclic) bond motifs is 4. The highest BCUT2D eigenvalue weighted by Crippen LogP contribution is 2.58. The first-order chi connectivity index (χ1) is 18.5. The van der Waals surface area contributed by atoms with E-state index >= 15 is 0 Å². The molecular weight excluding hydrogens is 509 g/mol. The van der Waals surface area contributed by atoms with Crippen LogP contribution in [0.25, 0.3) is 0 Å². The van der Waals surface area contributed by atoms with Crippen LogP contribution in [0.15, 0.2) is 18.2 Å². The maximum Gasteiger partial charge on any atom is 0.417 e. The van der Waals surface area contributed by atoms with Crippen LogP contribution in [-0.4, -0.2) is 36.5 Å². The molecule has 2 fully saturated rings. The fourth-order valence-corrected chi connectivity index (χ4v) is 7.08. The first-order valence-corrected chi connectivity index (χ1v) is 13.7. The normalized spacial score (nSPS) is 26.2. The molecule has 1 N–H and O–H groups in total. The van der Waals surface area contributed by atoms with Crippen LogP contribution in [0, 0.1) is 16.7 Å². The van der Waals surface area contributed by atoms with Gasteiger partial charge in [-0.3, -0.25) is 4.98 Å². The summed E-state index contributed by atoms with van der Waals surface area (Å²) in [7, 11) is 0. The summed E-state index contributed by atoms with van der Waals surface area (Å²) in [6, 6.07) is 5.44. The van der Waals surface area contributed by atoms with Crippen LogP contribution in [0.2, 0.25) is 0 Å². The van der Waals surface area contributed by atoms with Gasteiger partial charge in [0.05, 0.1) is 34.6 Å². The van der Waals surface area contributed by atoms with Gasteiger partial charge in [-0.25, -0.2) is 0 Å². The summed E-state index contributed by atoms with van der Waals surface area (Å²) in [6.07, 6.45) is -2.05. The molecule has 0 radical (unpaired) electrons. The van der Waals surface area contributed by atoms with E-state index in [1.165, 1.54) is 12.1 Å². The Kier molecular flexibility index (Phi) is 6.54. The van der Waals surface area contributed by atoms with Crippen molar-refractivity contribution in [3.8, 4) is 6.07 Å². The van der Waals surface area contributed by atoms with Gasteiger partial charge in [0.1, 0.15) is 6.10 Å². The molecule has 39 heavy (non-hydrogen) atoms. The van der Waals surface area contributed by atoms with E-state index in [1.54, 1.807) is 6.07 Å². The Balaban J connectivity index is 1.61. The van der Waals surface area contributed by atoms with Gasteiger partial charge in [-0.1, -0.05) is 19.9 Å². The van der Waals surface area contributed by atoms with Crippen LogP contribution in [-0.2, 0) is 32.4 Å². The number of alkyl halides is 3. The number of aromatic nitrogens is 1. The molecule has 6 rings (SSSR count). The molecule has 0 bridgehead atoms. The zero-order valence-electron chi connectivity index (χ0n) is 22.2. The molecule has 2 aromatic rings. The average molecular weight is 543 g/mol. The van der Waals surface area contributed by atoms with Crippen LogP contribution in [0.3, 0.4) is 0 Å². The number of pyridine rings is 1. The van der Waals surface area contributed by atoms with Crippen LogP contribution in [0.5, 0.6) is 0 Å². The lowest BCUT2D eigenvalue weighted by Crippen LogP contribution is -2.37. The zero-order chi connectivity index (χ0) is 27.6. The Bertz CT molecular complexity index is 1320. The van der Waals surface area contributed by atoms with E-state index in [-0.39, 0.29) is 11.3 Å². The second-order valence-electron chi connectivity index (χ2n) is 12.1. The Hall–Kier alpha value is -2.51. The van der Waals surface area contributed by atoms with Crippen molar-refractivity contribution < 1.29 is 32.5 Å². The number of ether oxygens (including phenoxy) is 3. The minimum absolute atomic E-state index is 0.103. The first-order valence-electron chi connectivity index (χ1n) is 13.7. The summed E-state index contributed by atoms with van der Waals surface area (Å²) < 4.78 is 59.1. The molecule has 2 saturated heterocycles. The second kappa shape index (κ2) is 9.55. The van der Waals surface area contributed by atoms with Crippen molar-refractivity contribution in [2.45, 2.75) is 82.3 Å². The third kappa shape index (κ3) is 4.55. The van der Waals surface area contributed by atoms with Gasteiger partial charge in [0.15, 0.2) is 0 Å². The molecule has 0 saturated carbocycles. The van der Waals surface area contributed by atoms with E-state index in [9.17, 15) is 23.5 Å². The molecule has 208 valence electrons. The molecule has 9 heteroatoms. The number of halogens is 3. The zero-order valence-corrected chi connectivity index (χ0v) is 22.2. The van der Waals surface area contributed by atoms with E-state index in [4.69, 9.17) is 19.2 Å². The maximum atomic E-state index is 13.6. The lowest BCUT2D eigenvalue weighted by molar-refractivity contribution is -0.138. The molecule has 0 unspecified atom stereocenters. The summed E-state index contributed by atoms with van der Waals surface area (Å²) in [4.78, 5) is 5.24. The number of nitrogens with zero attached hydrogens (tertiary/aromatic N) is 2. The molecule has 1 spiro atoms. The van der Waals surface area contributed by atoms with E-state index in [1.807, 2.05) is 0 Å². The van der Waals surface area contributed by atoms with Crippen molar-refractivity contribution in [1.29, 1.82) is 5.26 Å². The summed E-state index contributed by atoms with van der Waals surface area (Å²) in [5.41, 5.74) is 2.62. The summed E-state index contributed by atoms with van der Waals surface area (Å²) in [5, 5.41) is 21.1. The van der Waals surface area contributed by atoms with Crippen molar-refractivity contribution in [1.82, 2.24) is 4.98 Å². The predicted molar refractivity (Wildman–Crippen MR) is 135 cm³/mol. The minimum Gasteiger partial charge on any atom is -0.388 e. The molecule has 4 heterocycles. The first kappa shape index (κ1) is 26.7. The average Bonchev–Trinajstić information content (AvgIpc) is 3.21. The van der Waals surface area contributed by atoms with Gasteiger partial charge >= 0.3 is 6.18 Å². The van der Waals surface area contributed by atoms with Crippen molar-refractivity contribution in [2.24, 2.45) is 5.41 Å². The van der Waals surface area contributed by atoms with Crippen molar-refractivity contribution in [3.05, 3.63) is 63.0 Å². The lowest BCUT2D eigenvalue weighted by Gasteiger charge is -2.40. The quantitative estimate of drug-likeness (QED) is 0.501. The maximum absolute atomic E-state index is 13.6. The SMILES string of the molecule is CC1(C)Cc2nc(C3CCOCC3)c3c(c2[C@@H](O)C1)C1(CCOCC1)O[C@@H]3c1ccc(C(F)(F)F)c(C#N)c1. The number of hydrogen-bond donors (Lipinski definition) is 1. The molecular formula is C30H33F3N2O4. The highest BCUT2D eigenvalue weighted by molar-refractivity contribution is 5.55. The highest BCUT2D eigenvalue weighted by atomic mass is 19.4. The number of nitriles is 1. The van der Waals surface area contributed by atoms with Crippen LogP contribution >= 0.6 is 0 Å². The monoisotopic (exact) mass is 542 g/mol. The number of aliphatic hydroxyl groups excluding tert-OH is 1. The Morgan fingerprint density at radius 2 is 1.74 bits per heavy atom. The van der Waals surface area contributed by atoms with Crippen molar-refractivity contribution >= 4 is 0 Å². The third-order valence-corrected chi connectivity index (χ3v) is 8.85. The topological polar surface area (TPSA) is 84.6 Å². The fraction of sp³-hybridized carbons (Fsp3) is 0.600. The Morgan fingerprint density at radius 1 is 1.05 bits per heavy atom. The highest BCUT2D eigenvalue weighted by Gasteiger charge is 2.53. The number of hydrogen-bond acceptors (Lipinski definition) is 6. The number of rotatable bonds is 2. The Labute approximate surface area is 226 Å². The van der Waals surface area contributed by atoms with Gasteiger partial charge in [0.2, 0.25) is 0 Å². The molecule has 2 atom stereocenters. The molecule has 6 nitrogen and oxygen atoms in total. The van der Waals surface area contributed by atoms with Gasteiger partial charge in [0, 0.05) is 62.0 Å². The van der Waals surface area contributed by atoms with Gasteiger partial charge in [-0.15, -0.1) is 0 Å². The van der Waals surface area contributed by atoms with Crippen LogP contribution in [0.1, 0.15) is 109 Å². The third-order valence-electron chi connectivity index (χ3n) is 8.85. The minimum atomic E-state index is -4.63. The second-order valence-corrected chi connectivity index (χ2v) is 12.1. The number of benzene rings is 1. The predicted octanol–water partition coefficient (Wildman–Crippen LogP) is 6.00. The van der Waals surface area contributed by atoms with E-state index in [2.05, 4.69) is 13.8 Å². The molecule has 4 aliphatic rings. The summed E-state index contributed by atoms with van der Waals surface area (Å²) in [6.45, 7) is 6.45. The van der Waals surface area contributed by atoms with Crippen LogP contribution < -0.4 is 0 Å². The molecule has 1 aliphatic carbocycles. The van der Waals surface area contributed by atoms with E-state index < -0.39 is 35.1 Å². The summed E-state index contributed by atoms with van der Waals surface area (Å²) >= 11 is 0. The Morgan fingerprint density at radius 3 is 2.41 bits per heavy atom. The van der Waals surface area contributed by atoms with Crippen molar-refractivity contribution in [2.75, 3.05) is 26.4 Å².